The van der Waals surface area contributed by atoms with E-state index in [1.807, 2.05) is 36.4 Å². The SMILES string of the molecule is O=[P+]1c2ccccc2Cc2ccccc21. The maximum atomic E-state index is 12.3. The van der Waals surface area contributed by atoms with Crippen LogP contribution < -0.4 is 10.6 Å². The molecule has 72 valence electrons. The predicted octanol–water partition coefficient (Wildman–Crippen LogP) is 2.37. The lowest BCUT2D eigenvalue weighted by molar-refractivity contribution is 0.597. The number of hydrogen-bond acceptors (Lipinski definition) is 1. The largest absolute Gasteiger partial charge is 0.415 e. The summed E-state index contributed by atoms with van der Waals surface area (Å²) in [6.45, 7) is 0. The summed E-state index contributed by atoms with van der Waals surface area (Å²) in [5, 5.41) is 2.01. The summed E-state index contributed by atoms with van der Waals surface area (Å²) in [4.78, 5) is 0. The highest BCUT2D eigenvalue weighted by Gasteiger charge is 2.33. The van der Waals surface area contributed by atoms with Gasteiger partial charge in [0.1, 0.15) is 0 Å². The van der Waals surface area contributed by atoms with Crippen molar-refractivity contribution in [2.75, 3.05) is 0 Å². The summed E-state index contributed by atoms with van der Waals surface area (Å²) in [5.41, 5.74) is 2.41. The highest BCUT2D eigenvalue weighted by Crippen LogP contribution is 2.29. The van der Waals surface area contributed by atoms with Crippen molar-refractivity contribution in [2.24, 2.45) is 0 Å². The maximum Gasteiger partial charge on any atom is 0.415 e. The van der Waals surface area contributed by atoms with Crippen molar-refractivity contribution < 1.29 is 4.57 Å². The van der Waals surface area contributed by atoms with Gasteiger partial charge in [-0.1, -0.05) is 41.0 Å². The van der Waals surface area contributed by atoms with E-state index in [0.29, 0.717) is 0 Å². The Hall–Kier alpha value is -1.46. The second kappa shape index (κ2) is 3.29. The monoisotopic (exact) mass is 213 g/mol. The Morgan fingerprint density at radius 2 is 1.27 bits per heavy atom. The molecule has 0 saturated heterocycles. The highest BCUT2D eigenvalue weighted by atomic mass is 31.1. The zero-order valence-corrected chi connectivity index (χ0v) is 9.08. The first-order valence-electron chi connectivity index (χ1n) is 4.99. The van der Waals surface area contributed by atoms with Gasteiger partial charge in [0.05, 0.1) is 0 Å². The molecule has 0 fully saturated rings. The van der Waals surface area contributed by atoms with Crippen LogP contribution in [0.15, 0.2) is 48.5 Å². The number of rotatable bonds is 0. The van der Waals surface area contributed by atoms with Crippen molar-refractivity contribution in [3.63, 3.8) is 0 Å². The van der Waals surface area contributed by atoms with Crippen LogP contribution in [0.25, 0.3) is 0 Å². The summed E-state index contributed by atoms with van der Waals surface area (Å²) in [6, 6.07) is 16.0. The fourth-order valence-electron chi connectivity index (χ4n) is 2.05. The molecule has 15 heavy (non-hydrogen) atoms. The molecule has 0 unspecified atom stereocenters. The van der Waals surface area contributed by atoms with Gasteiger partial charge in [0.2, 0.25) is 0 Å². The second-order valence-corrected chi connectivity index (χ2v) is 5.28. The molecule has 1 aliphatic rings. The Morgan fingerprint density at radius 3 is 1.80 bits per heavy atom. The third-order valence-electron chi connectivity index (χ3n) is 2.80. The summed E-state index contributed by atoms with van der Waals surface area (Å²) in [5.74, 6) is 0. The van der Waals surface area contributed by atoms with Crippen LogP contribution in [-0.4, -0.2) is 0 Å². The minimum absolute atomic E-state index is 0.910. The molecular formula is C13H10OP+. The summed E-state index contributed by atoms with van der Waals surface area (Å²) in [7, 11) is -1.37. The zero-order valence-electron chi connectivity index (χ0n) is 8.18. The number of benzene rings is 2. The van der Waals surface area contributed by atoms with Crippen molar-refractivity contribution in [3.05, 3.63) is 59.7 Å². The summed E-state index contributed by atoms with van der Waals surface area (Å²) in [6.07, 6.45) is 0.910. The highest BCUT2D eigenvalue weighted by molar-refractivity contribution is 7.61. The van der Waals surface area contributed by atoms with E-state index in [2.05, 4.69) is 12.1 Å². The topological polar surface area (TPSA) is 17.1 Å². The molecule has 0 saturated carbocycles. The summed E-state index contributed by atoms with van der Waals surface area (Å²) >= 11 is 0. The van der Waals surface area contributed by atoms with E-state index in [0.717, 1.165) is 17.0 Å². The van der Waals surface area contributed by atoms with Gasteiger partial charge < -0.3 is 0 Å². The van der Waals surface area contributed by atoms with E-state index in [-0.39, 0.29) is 0 Å². The van der Waals surface area contributed by atoms with E-state index in [4.69, 9.17) is 0 Å². The van der Waals surface area contributed by atoms with Crippen LogP contribution in [-0.2, 0) is 11.0 Å². The van der Waals surface area contributed by atoms with E-state index >= 15 is 0 Å². The van der Waals surface area contributed by atoms with Crippen LogP contribution in [0.3, 0.4) is 0 Å². The Bertz CT molecular complexity index is 498. The lowest BCUT2D eigenvalue weighted by Gasteiger charge is -2.09. The van der Waals surface area contributed by atoms with Gasteiger partial charge in [-0.25, -0.2) is 0 Å². The molecule has 0 aliphatic carbocycles. The van der Waals surface area contributed by atoms with Gasteiger partial charge in [0.15, 0.2) is 10.6 Å². The molecule has 2 aromatic rings. The zero-order chi connectivity index (χ0) is 10.3. The van der Waals surface area contributed by atoms with Gasteiger partial charge >= 0.3 is 7.80 Å². The maximum absolute atomic E-state index is 12.3. The fourth-order valence-corrected chi connectivity index (χ4v) is 3.58. The molecule has 0 bridgehead atoms. The molecule has 0 N–H and O–H groups in total. The van der Waals surface area contributed by atoms with Crippen molar-refractivity contribution >= 4 is 18.4 Å². The number of fused-ring (bicyclic) bond motifs is 2. The Labute approximate surface area is 89.6 Å². The minimum Gasteiger partial charge on any atom is -0.0617 e. The molecule has 0 atom stereocenters. The van der Waals surface area contributed by atoms with Gasteiger partial charge in [-0.2, -0.15) is 0 Å². The normalized spacial score (nSPS) is 13.2. The fraction of sp³-hybridized carbons (Fsp3) is 0.0769. The molecule has 3 rings (SSSR count). The smallest absolute Gasteiger partial charge is 0.0617 e. The van der Waals surface area contributed by atoms with E-state index in [1.54, 1.807) is 0 Å². The van der Waals surface area contributed by atoms with Crippen LogP contribution in [0.4, 0.5) is 0 Å². The van der Waals surface area contributed by atoms with Gasteiger partial charge in [-0.05, 0) is 12.1 Å². The van der Waals surface area contributed by atoms with Crippen molar-refractivity contribution in [3.8, 4) is 0 Å². The van der Waals surface area contributed by atoms with Gasteiger partial charge in [-0.15, -0.1) is 0 Å². The standard InChI is InChI=1S/C13H10OP/c14-15-12-7-3-1-5-10(12)9-11-6-2-4-8-13(11)15/h1-8H,9H2/q+1. The first kappa shape index (κ1) is 8.82. The third kappa shape index (κ3) is 1.32. The lowest BCUT2D eigenvalue weighted by atomic mass is 10.0. The molecule has 1 nitrogen and oxygen atoms in total. The minimum atomic E-state index is -1.37. The quantitative estimate of drug-likeness (QED) is 0.524. The molecule has 0 amide bonds. The Morgan fingerprint density at radius 1 is 0.800 bits per heavy atom. The van der Waals surface area contributed by atoms with Crippen LogP contribution in [0.1, 0.15) is 11.1 Å². The molecule has 1 heterocycles. The summed E-state index contributed by atoms with van der Waals surface area (Å²) < 4.78 is 12.3. The Balaban J connectivity index is 2.24. The molecule has 2 aromatic carbocycles. The molecule has 0 radical (unpaired) electrons. The van der Waals surface area contributed by atoms with Crippen molar-refractivity contribution in [1.29, 1.82) is 0 Å². The molecule has 2 heteroatoms. The van der Waals surface area contributed by atoms with E-state index in [1.165, 1.54) is 11.1 Å². The second-order valence-electron chi connectivity index (χ2n) is 3.73. The Kier molecular flexibility index (Phi) is 1.93. The van der Waals surface area contributed by atoms with Crippen molar-refractivity contribution in [2.45, 2.75) is 6.42 Å². The van der Waals surface area contributed by atoms with Crippen LogP contribution in [0, 0.1) is 0 Å². The van der Waals surface area contributed by atoms with Gasteiger partial charge in [0.25, 0.3) is 0 Å². The van der Waals surface area contributed by atoms with Gasteiger partial charge in [0, 0.05) is 17.5 Å². The molecule has 0 spiro atoms. The third-order valence-corrected chi connectivity index (χ3v) is 4.55. The number of hydrogen-bond donors (Lipinski definition) is 0. The molecule has 0 aromatic heterocycles. The molecular weight excluding hydrogens is 203 g/mol. The lowest BCUT2D eigenvalue weighted by Crippen LogP contribution is -2.21. The van der Waals surface area contributed by atoms with E-state index < -0.39 is 7.80 Å². The van der Waals surface area contributed by atoms with Crippen LogP contribution in [0.5, 0.6) is 0 Å². The average molecular weight is 213 g/mol. The first-order valence-corrected chi connectivity index (χ1v) is 6.25. The first-order chi connectivity index (χ1) is 7.36. The van der Waals surface area contributed by atoms with E-state index in [9.17, 15) is 4.57 Å². The average Bonchev–Trinajstić information content (AvgIpc) is 2.30. The van der Waals surface area contributed by atoms with Crippen LogP contribution in [0.2, 0.25) is 0 Å². The molecule has 1 aliphatic heterocycles. The predicted molar refractivity (Wildman–Crippen MR) is 62.6 cm³/mol. The van der Waals surface area contributed by atoms with Gasteiger partial charge in [-0.3, -0.25) is 0 Å². The van der Waals surface area contributed by atoms with Crippen LogP contribution >= 0.6 is 7.80 Å². The van der Waals surface area contributed by atoms with Crippen molar-refractivity contribution in [1.82, 2.24) is 0 Å².